The third-order valence-electron chi connectivity index (χ3n) is 3.23. The van der Waals surface area contributed by atoms with Gasteiger partial charge in [0.15, 0.2) is 5.82 Å². The summed E-state index contributed by atoms with van der Waals surface area (Å²) in [5.41, 5.74) is 1.36. The average Bonchev–Trinajstić information content (AvgIpc) is 2.62. The van der Waals surface area contributed by atoms with E-state index >= 15 is 0 Å². The van der Waals surface area contributed by atoms with E-state index in [-0.39, 0.29) is 11.8 Å². The molecule has 1 heterocycles. The largest absolute Gasteiger partial charge is 0.465 e. The summed E-state index contributed by atoms with van der Waals surface area (Å²) in [4.78, 5) is 16.0. The molecule has 0 fully saturated rings. The molecule has 0 spiro atoms. The van der Waals surface area contributed by atoms with Gasteiger partial charge in [-0.05, 0) is 30.3 Å². The summed E-state index contributed by atoms with van der Waals surface area (Å²) in [6, 6.07) is 12.8. The van der Waals surface area contributed by atoms with Crippen LogP contribution in [0.4, 0.5) is 27.5 Å². The first-order chi connectivity index (χ1) is 12.2. The number of carbonyl (C=O) groups excluding carboxylic acids is 1. The lowest BCUT2D eigenvalue weighted by molar-refractivity contribution is 0.0602. The van der Waals surface area contributed by atoms with Crippen LogP contribution in [0.2, 0.25) is 0 Å². The molecule has 0 aliphatic rings. The lowest BCUT2D eigenvalue weighted by Gasteiger charge is -2.10. The molecule has 2 N–H and O–H groups in total. The topological polar surface area (TPSA) is 89.0 Å². The number of carbonyl (C=O) groups is 1. The number of halogens is 1. The molecule has 0 unspecified atom stereocenters. The number of nitrogens with zero attached hydrogens (tertiary/aromatic N) is 3. The van der Waals surface area contributed by atoms with Crippen LogP contribution < -0.4 is 10.6 Å². The average molecular weight is 339 g/mol. The van der Waals surface area contributed by atoms with E-state index in [1.807, 2.05) is 0 Å². The molecule has 0 aliphatic heterocycles. The van der Waals surface area contributed by atoms with Gasteiger partial charge in [0, 0.05) is 5.69 Å². The Morgan fingerprint density at radius 3 is 2.76 bits per heavy atom. The molecule has 0 saturated heterocycles. The molecule has 0 amide bonds. The van der Waals surface area contributed by atoms with E-state index in [2.05, 4.69) is 25.8 Å². The molecule has 3 aromatic rings. The van der Waals surface area contributed by atoms with Crippen LogP contribution >= 0.6 is 0 Å². The first kappa shape index (κ1) is 16.3. The summed E-state index contributed by atoms with van der Waals surface area (Å²) in [6.07, 6.45) is 1.41. The zero-order chi connectivity index (χ0) is 17.6. The number of rotatable bonds is 5. The van der Waals surface area contributed by atoms with E-state index in [9.17, 15) is 9.18 Å². The van der Waals surface area contributed by atoms with Crippen LogP contribution in [0.15, 0.2) is 54.7 Å². The van der Waals surface area contributed by atoms with Gasteiger partial charge in [0.1, 0.15) is 5.82 Å². The van der Waals surface area contributed by atoms with Crippen molar-refractivity contribution in [1.29, 1.82) is 0 Å². The molecule has 25 heavy (non-hydrogen) atoms. The molecular formula is C17H14FN5O2. The second-order valence-corrected chi connectivity index (χ2v) is 4.96. The van der Waals surface area contributed by atoms with Crippen molar-refractivity contribution in [2.24, 2.45) is 0 Å². The van der Waals surface area contributed by atoms with Gasteiger partial charge in [0.05, 0.1) is 24.6 Å². The first-order valence-electron chi connectivity index (χ1n) is 7.32. The standard InChI is InChI=1S/C17H14FN5O2/c1-25-16(24)13-7-2-3-8-14(13)21-17-22-15(10-19-23-17)20-12-6-4-5-11(18)9-12/h2-10H,1H3,(H2,20,21,22,23). The Labute approximate surface area is 142 Å². The number of methoxy groups -OCH3 is 1. The molecule has 0 radical (unpaired) electrons. The van der Waals surface area contributed by atoms with Crippen LogP contribution in [0.5, 0.6) is 0 Å². The van der Waals surface area contributed by atoms with Crippen LogP contribution in [-0.2, 0) is 4.74 Å². The molecule has 2 aromatic carbocycles. The summed E-state index contributed by atoms with van der Waals surface area (Å²) in [7, 11) is 1.31. The molecule has 0 saturated carbocycles. The normalized spacial score (nSPS) is 10.2. The number of ether oxygens (including phenoxy) is 1. The number of anilines is 4. The van der Waals surface area contributed by atoms with E-state index < -0.39 is 5.97 Å². The number of aromatic nitrogens is 3. The van der Waals surface area contributed by atoms with Crippen LogP contribution in [0.25, 0.3) is 0 Å². The highest BCUT2D eigenvalue weighted by Gasteiger charge is 2.12. The lowest BCUT2D eigenvalue weighted by atomic mass is 10.2. The van der Waals surface area contributed by atoms with Gasteiger partial charge in [-0.25, -0.2) is 9.18 Å². The third kappa shape index (κ3) is 4.05. The van der Waals surface area contributed by atoms with E-state index in [1.54, 1.807) is 36.4 Å². The van der Waals surface area contributed by atoms with Gasteiger partial charge < -0.3 is 15.4 Å². The van der Waals surface area contributed by atoms with Crippen LogP contribution in [-0.4, -0.2) is 28.3 Å². The summed E-state index contributed by atoms with van der Waals surface area (Å²) in [5, 5.41) is 13.6. The molecular weight excluding hydrogens is 325 g/mol. The Bertz CT molecular complexity index is 903. The van der Waals surface area contributed by atoms with Gasteiger partial charge in [0.2, 0.25) is 5.95 Å². The quantitative estimate of drug-likeness (QED) is 0.690. The predicted octanol–water partition coefficient (Wildman–Crippen LogP) is 3.28. The molecule has 0 bridgehead atoms. The van der Waals surface area contributed by atoms with Crippen molar-refractivity contribution in [2.45, 2.75) is 0 Å². The second-order valence-electron chi connectivity index (χ2n) is 4.96. The van der Waals surface area contributed by atoms with E-state index in [1.165, 1.54) is 25.4 Å². The zero-order valence-corrected chi connectivity index (χ0v) is 13.2. The molecule has 8 heteroatoms. The monoisotopic (exact) mass is 339 g/mol. The first-order valence-corrected chi connectivity index (χ1v) is 7.32. The minimum Gasteiger partial charge on any atom is -0.465 e. The Kier molecular flexibility index (Phi) is 4.79. The maximum absolute atomic E-state index is 13.2. The van der Waals surface area contributed by atoms with Gasteiger partial charge >= 0.3 is 5.97 Å². The van der Waals surface area contributed by atoms with Crippen LogP contribution in [0, 0.1) is 5.82 Å². The van der Waals surface area contributed by atoms with Gasteiger partial charge in [-0.15, -0.1) is 5.10 Å². The number of para-hydroxylation sites is 1. The lowest BCUT2D eigenvalue weighted by Crippen LogP contribution is -2.08. The van der Waals surface area contributed by atoms with Gasteiger partial charge in [-0.1, -0.05) is 18.2 Å². The highest BCUT2D eigenvalue weighted by molar-refractivity contribution is 5.96. The molecule has 1 aromatic heterocycles. The van der Waals surface area contributed by atoms with Crippen LogP contribution in [0.1, 0.15) is 10.4 Å². The fourth-order valence-electron chi connectivity index (χ4n) is 2.13. The van der Waals surface area contributed by atoms with E-state index in [0.29, 0.717) is 22.8 Å². The summed E-state index contributed by atoms with van der Waals surface area (Å²) in [6.45, 7) is 0. The Hall–Kier alpha value is -3.55. The maximum atomic E-state index is 13.2. The van der Waals surface area contributed by atoms with Crippen molar-refractivity contribution in [3.05, 3.63) is 66.1 Å². The Balaban J connectivity index is 1.82. The fraction of sp³-hybridized carbons (Fsp3) is 0.0588. The Morgan fingerprint density at radius 2 is 1.96 bits per heavy atom. The molecule has 0 aliphatic carbocycles. The van der Waals surface area contributed by atoms with Crippen molar-refractivity contribution in [1.82, 2.24) is 15.2 Å². The molecule has 3 rings (SSSR count). The van der Waals surface area contributed by atoms with Gasteiger partial charge in [-0.2, -0.15) is 10.1 Å². The minimum absolute atomic E-state index is 0.178. The number of hydrogen-bond acceptors (Lipinski definition) is 7. The highest BCUT2D eigenvalue weighted by atomic mass is 19.1. The van der Waals surface area contributed by atoms with Crippen molar-refractivity contribution in [2.75, 3.05) is 17.7 Å². The van der Waals surface area contributed by atoms with Crippen LogP contribution in [0.3, 0.4) is 0 Å². The molecule has 126 valence electrons. The molecule has 7 nitrogen and oxygen atoms in total. The smallest absolute Gasteiger partial charge is 0.339 e. The van der Waals surface area contributed by atoms with Crippen molar-refractivity contribution in [3.8, 4) is 0 Å². The van der Waals surface area contributed by atoms with Gasteiger partial charge in [0.25, 0.3) is 0 Å². The van der Waals surface area contributed by atoms with Gasteiger partial charge in [-0.3, -0.25) is 0 Å². The number of benzene rings is 2. The Morgan fingerprint density at radius 1 is 1.12 bits per heavy atom. The molecule has 0 atom stereocenters. The summed E-state index contributed by atoms with van der Waals surface area (Å²) >= 11 is 0. The SMILES string of the molecule is COC(=O)c1ccccc1Nc1nncc(Nc2cccc(F)c2)n1. The van der Waals surface area contributed by atoms with Crippen molar-refractivity contribution >= 4 is 29.1 Å². The fourth-order valence-corrected chi connectivity index (χ4v) is 2.13. The maximum Gasteiger partial charge on any atom is 0.339 e. The second kappa shape index (κ2) is 7.35. The summed E-state index contributed by atoms with van der Waals surface area (Å²) in [5.74, 6) is -0.293. The van der Waals surface area contributed by atoms with E-state index in [0.717, 1.165) is 0 Å². The van der Waals surface area contributed by atoms with Crippen molar-refractivity contribution < 1.29 is 13.9 Å². The number of esters is 1. The minimum atomic E-state index is -0.481. The van der Waals surface area contributed by atoms with Crippen molar-refractivity contribution in [3.63, 3.8) is 0 Å². The third-order valence-corrected chi connectivity index (χ3v) is 3.23. The number of hydrogen-bond donors (Lipinski definition) is 2. The summed E-state index contributed by atoms with van der Waals surface area (Å²) < 4.78 is 18.0. The predicted molar refractivity (Wildman–Crippen MR) is 90.6 cm³/mol. The zero-order valence-electron chi connectivity index (χ0n) is 13.2. The number of nitrogens with one attached hydrogen (secondary N) is 2. The van der Waals surface area contributed by atoms with E-state index in [4.69, 9.17) is 4.74 Å². The highest BCUT2D eigenvalue weighted by Crippen LogP contribution is 2.20.